The number of para-hydroxylation sites is 2. The number of rotatable bonds is 6. The van der Waals surface area contributed by atoms with Crippen molar-refractivity contribution in [3.8, 4) is 62.1 Å². The van der Waals surface area contributed by atoms with E-state index >= 15 is 0 Å². The molecule has 3 heterocycles. The second kappa shape index (κ2) is 13.0. The summed E-state index contributed by atoms with van der Waals surface area (Å²) in [5.41, 5.74) is 12.7. The Hall–Kier alpha value is -7.63. The zero-order chi connectivity index (χ0) is 37.0. The number of aromatic nitrogens is 4. The van der Waals surface area contributed by atoms with E-state index in [1.54, 1.807) is 0 Å². The zero-order valence-corrected chi connectivity index (χ0v) is 30.2. The van der Waals surface area contributed by atoms with Crippen LogP contribution in [0.2, 0.25) is 0 Å². The van der Waals surface area contributed by atoms with E-state index in [0.29, 0.717) is 17.5 Å². The van der Waals surface area contributed by atoms with Gasteiger partial charge in [-0.2, -0.15) is 0 Å². The van der Waals surface area contributed by atoms with Gasteiger partial charge in [0.15, 0.2) is 17.5 Å². The summed E-state index contributed by atoms with van der Waals surface area (Å²) < 4.78 is 8.47. The highest BCUT2D eigenvalue weighted by molar-refractivity contribution is 6.11. The van der Waals surface area contributed by atoms with E-state index in [1.807, 2.05) is 72.8 Å². The predicted molar refractivity (Wildman–Crippen MR) is 229 cm³/mol. The van der Waals surface area contributed by atoms with Gasteiger partial charge in [0.1, 0.15) is 11.2 Å². The summed E-state index contributed by atoms with van der Waals surface area (Å²) in [6.45, 7) is 0. The highest BCUT2D eigenvalue weighted by atomic mass is 16.3. The molecule has 5 nitrogen and oxygen atoms in total. The Labute approximate surface area is 322 Å². The van der Waals surface area contributed by atoms with Crippen LogP contribution < -0.4 is 0 Å². The van der Waals surface area contributed by atoms with Gasteiger partial charge in [-0.25, -0.2) is 15.0 Å². The first-order valence-electron chi connectivity index (χ1n) is 18.8. The quantitative estimate of drug-likeness (QED) is 0.172. The number of hydrogen-bond donors (Lipinski definition) is 0. The second-order valence-electron chi connectivity index (χ2n) is 14.1. The summed E-state index contributed by atoms with van der Waals surface area (Å²) >= 11 is 0. The largest absolute Gasteiger partial charge is 0.456 e. The van der Waals surface area contributed by atoms with Crippen LogP contribution in [0.15, 0.2) is 199 Å². The van der Waals surface area contributed by atoms with Crippen LogP contribution in [0.3, 0.4) is 0 Å². The van der Waals surface area contributed by atoms with Gasteiger partial charge in [-0.1, -0.05) is 146 Å². The third-order valence-electron chi connectivity index (χ3n) is 10.7. The van der Waals surface area contributed by atoms with Crippen molar-refractivity contribution in [2.75, 3.05) is 0 Å². The fraction of sp³-hybridized carbons (Fsp3) is 0. The Bertz CT molecular complexity index is 3160. The highest BCUT2D eigenvalue weighted by Gasteiger charge is 2.16. The molecule has 0 atom stereocenters. The van der Waals surface area contributed by atoms with E-state index in [4.69, 9.17) is 19.4 Å². The summed E-state index contributed by atoms with van der Waals surface area (Å²) in [5, 5.41) is 4.72. The third kappa shape index (κ3) is 5.45. The Balaban J connectivity index is 0.930. The number of furan rings is 1. The second-order valence-corrected chi connectivity index (χ2v) is 14.1. The Morgan fingerprint density at radius 1 is 0.304 bits per heavy atom. The van der Waals surface area contributed by atoms with Crippen molar-refractivity contribution in [2.24, 2.45) is 0 Å². The molecule has 0 aliphatic carbocycles. The van der Waals surface area contributed by atoms with Crippen molar-refractivity contribution in [3.63, 3.8) is 0 Å². The van der Waals surface area contributed by atoms with Crippen LogP contribution in [0.25, 0.3) is 106 Å². The summed E-state index contributed by atoms with van der Waals surface area (Å²) in [4.78, 5) is 14.7. The van der Waals surface area contributed by atoms with Crippen LogP contribution in [0.5, 0.6) is 0 Å². The lowest BCUT2D eigenvalue weighted by Crippen LogP contribution is -2.00. The molecular weight excluding hydrogens is 685 g/mol. The minimum atomic E-state index is 0.643. The average molecular weight is 717 g/mol. The summed E-state index contributed by atoms with van der Waals surface area (Å²) in [6.07, 6.45) is 0. The number of fused-ring (bicyclic) bond motifs is 6. The van der Waals surface area contributed by atoms with Crippen molar-refractivity contribution in [2.45, 2.75) is 0 Å². The summed E-state index contributed by atoms with van der Waals surface area (Å²) in [6, 6.07) is 67.7. The lowest BCUT2D eigenvalue weighted by molar-refractivity contribution is 0.669. The molecule has 0 amide bonds. The lowest BCUT2D eigenvalue weighted by Gasteiger charge is -2.11. The van der Waals surface area contributed by atoms with Gasteiger partial charge < -0.3 is 8.98 Å². The van der Waals surface area contributed by atoms with Gasteiger partial charge in [0, 0.05) is 43.9 Å². The molecular formula is C51H32N4O. The molecule has 0 bridgehead atoms. The minimum absolute atomic E-state index is 0.643. The van der Waals surface area contributed by atoms with E-state index in [-0.39, 0.29) is 0 Å². The van der Waals surface area contributed by atoms with E-state index < -0.39 is 0 Å². The van der Waals surface area contributed by atoms with Crippen LogP contribution in [0, 0.1) is 0 Å². The normalized spacial score (nSPS) is 11.6. The van der Waals surface area contributed by atoms with E-state index in [2.05, 4.69) is 126 Å². The molecule has 0 saturated carbocycles. The molecule has 56 heavy (non-hydrogen) atoms. The SMILES string of the molecule is c1ccc(-c2nc(-c3ccccc3)nc(-c3ccc(-c4ccc(-n5c6ccccc6c6cc(-c7ccc8oc9ccccc9c8c7)ccc65)cc4)cc3)n2)cc1. The molecule has 0 unspecified atom stereocenters. The summed E-state index contributed by atoms with van der Waals surface area (Å²) in [7, 11) is 0. The average Bonchev–Trinajstić information content (AvgIpc) is 3.82. The Kier molecular flexibility index (Phi) is 7.42. The van der Waals surface area contributed by atoms with Crippen LogP contribution in [0.4, 0.5) is 0 Å². The predicted octanol–water partition coefficient (Wildman–Crippen LogP) is 13.2. The molecule has 0 N–H and O–H groups in total. The highest BCUT2D eigenvalue weighted by Crippen LogP contribution is 2.38. The fourth-order valence-electron chi connectivity index (χ4n) is 7.89. The van der Waals surface area contributed by atoms with Crippen LogP contribution in [0.1, 0.15) is 0 Å². The van der Waals surface area contributed by atoms with Crippen molar-refractivity contribution >= 4 is 43.7 Å². The first-order chi connectivity index (χ1) is 27.7. The van der Waals surface area contributed by atoms with Crippen molar-refractivity contribution in [3.05, 3.63) is 194 Å². The molecule has 8 aromatic carbocycles. The van der Waals surface area contributed by atoms with Crippen molar-refractivity contribution < 1.29 is 4.42 Å². The summed E-state index contributed by atoms with van der Waals surface area (Å²) in [5.74, 6) is 1.95. The van der Waals surface area contributed by atoms with Crippen LogP contribution in [-0.4, -0.2) is 19.5 Å². The molecule has 0 aliphatic heterocycles. The van der Waals surface area contributed by atoms with Gasteiger partial charge in [-0.05, 0) is 70.8 Å². The van der Waals surface area contributed by atoms with Gasteiger partial charge in [0.25, 0.3) is 0 Å². The fourth-order valence-corrected chi connectivity index (χ4v) is 7.89. The number of hydrogen-bond acceptors (Lipinski definition) is 4. The molecule has 11 rings (SSSR count). The van der Waals surface area contributed by atoms with E-state index in [0.717, 1.165) is 55.4 Å². The lowest BCUT2D eigenvalue weighted by atomic mass is 10.0. The number of benzene rings is 8. The minimum Gasteiger partial charge on any atom is -0.456 e. The maximum atomic E-state index is 6.11. The molecule has 0 aliphatic rings. The van der Waals surface area contributed by atoms with Crippen LogP contribution in [-0.2, 0) is 0 Å². The topological polar surface area (TPSA) is 56.7 Å². The molecule has 262 valence electrons. The molecule has 3 aromatic heterocycles. The van der Waals surface area contributed by atoms with Crippen LogP contribution >= 0.6 is 0 Å². The van der Waals surface area contributed by atoms with E-state index in [9.17, 15) is 0 Å². The van der Waals surface area contributed by atoms with Gasteiger partial charge in [-0.3, -0.25) is 0 Å². The molecule has 0 radical (unpaired) electrons. The smallest absolute Gasteiger partial charge is 0.164 e. The standard InChI is InChI=1S/C51H32N4O/c1-3-11-35(12-4-1)49-52-50(36-13-5-2-6-14-36)54-51(53-49)37-21-19-33(20-22-37)34-23-27-40(28-24-34)55-45-17-9-7-15-41(45)43-31-38(25-29-46(43)55)39-26-30-48-44(32-39)42-16-8-10-18-47(42)56-48/h1-32H. The maximum absolute atomic E-state index is 6.11. The first kappa shape index (κ1) is 31.9. The maximum Gasteiger partial charge on any atom is 0.164 e. The molecule has 0 spiro atoms. The van der Waals surface area contributed by atoms with E-state index in [1.165, 1.54) is 32.9 Å². The van der Waals surface area contributed by atoms with Crippen molar-refractivity contribution in [1.29, 1.82) is 0 Å². The van der Waals surface area contributed by atoms with Gasteiger partial charge in [0.2, 0.25) is 0 Å². The van der Waals surface area contributed by atoms with Crippen molar-refractivity contribution in [1.82, 2.24) is 19.5 Å². The van der Waals surface area contributed by atoms with Gasteiger partial charge in [0.05, 0.1) is 11.0 Å². The zero-order valence-electron chi connectivity index (χ0n) is 30.2. The Morgan fingerprint density at radius 2 is 0.750 bits per heavy atom. The molecule has 5 heteroatoms. The molecule has 0 saturated heterocycles. The Morgan fingerprint density at radius 3 is 1.41 bits per heavy atom. The first-order valence-corrected chi connectivity index (χ1v) is 18.8. The molecule has 0 fully saturated rings. The molecule has 11 aromatic rings. The monoisotopic (exact) mass is 716 g/mol. The van der Waals surface area contributed by atoms with Gasteiger partial charge in [-0.15, -0.1) is 0 Å². The van der Waals surface area contributed by atoms with Gasteiger partial charge >= 0.3 is 0 Å². The number of nitrogens with zero attached hydrogens (tertiary/aromatic N) is 4. The third-order valence-corrected chi connectivity index (χ3v) is 10.7.